The summed E-state index contributed by atoms with van der Waals surface area (Å²) in [6.45, 7) is 3.18. The number of carbonyl (C=O) groups excluding carboxylic acids is 1. The summed E-state index contributed by atoms with van der Waals surface area (Å²) in [5.74, 6) is 0.0932. The van der Waals surface area contributed by atoms with Crippen LogP contribution in [0, 0.1) is 0 Å². The van der Waals surface area contributed by atoms with Gasteiger partial charge in [-0.1, -0.05) is 94.7 Å². The fourth-order valence-corrected chi connectivity index (χ4v) is 6.39. The van der Waals surface area contributed by atoms with Gasteiger partial charge >= 0.3 is 0 Å². The lowest BCUT2D eigenvalue weighted by Gasteiger charge is -2.17. The molecule has 0 bridgehead atoms. The van der Waals surface area contributed by atoms with Crippen LogP contribution in [0.1, 0.15) is 110 Å². The Bertz CT molecular complexity index is 1150. The van der Waals surface area contributed by atoms with E-state index in [1.54, 1.807) is 12.1 Å². The van der Waals surface area contributed by atoms with Crippen molar-refractivity contribution in [3.8, 4) is 0 Å². The molecular formula is C34H55N3O3S. The predicted octanol–water partition coefficient (Wildman–Crippen LogP) is 8.12. The predicted molar refractivity (Wildman–Crippen MR) is 175 cm³/mol. The van der Waals surface area contributed by atoms with E-state index < -0.39 is 10.0 Å². The van der Waals surface area contributed by atoms with E-state index in [2.05, 4.69) is 29.1 Å². The molecule has 0 fully saturated rings. The molecule has 0 radical (unpaired) electrons. The number of benzene rings is 2. The molecule has 0 unspecified atom stereocenters. The van der Waals surface area contributed by atoms with Crippen molar-refractivity contribution in [1.82, 2.24) is 10.0 Å². The Kier molecular flexibility index (Phi) is 17.4. The minimum Gasteiger partial charge on any atom is -0.377 e. The second-order valence-corrected chi connectivity index (χ2v) is 13.0. The van der Waals surface area contributed by atoms with Gasteiger partial charge in [-0.25, -0.2) is 13.1 Å². The van der Waals surface area contributed by atoms with Crippen LogP contribution in [-0.2, 0) is 14.8 Å². The average Bonchev–Trinajstić information content (AvgIpc) is 2.96. The van der Waals surface area contributed by atoms with Gasteiger partial charge in [0.1, 0.15) is 0 Å². The number of unbranched alkanes of at least 4 members (excludes halogenated alkanes) is 12. The normalized spacial score (nSPS) is 11.9. The zero-order valence-electron chi connectivity index (χ0n) is 25.9. The van der Waals surface area contributed by atoms with Crippen molar-refractivity contribution in [2.45, 2.75) is 115 Å². The number of nitrogens with zero attached hydrogens (tertiary/aromatic N) is 1. The summed E-state index contributed by atoms with van der Waals surface area (Å²) in [7, 11) is 0.274. The number of sulfonamides is 1. The molecule has 230 valence electrons. The van der Waals surface area contributed by atoms with Crippen LogP contribution in [0.25, 0.3) is 10.8 Å². The van der Waals surface area contributed by atoms with E-state index in [4.69, 9.17) is 0 Å². The Morgan fingerprint density at radius 2 is 1.32 bits per heavy atom. The number of hydrogen-bond acceptors (Lipinski definition) is 4. The third-order valence-corrected chi connectivity index (χ3v) is 9.03. The van der Waals surface area contributed by atoms with Crippen LogP contribution < -0.4 is 14.9 Å². The first-order valence-corrected chi connectivity index (χ1v) is 17.5. The Morgan fingerprint density at radius 3 is 2.00 bits per heavy atom. The molecule has 2 aromatic carbocycles. The number of carbonyl (C=O) groups is 1. The molecule has 0 aliphatic rings. The van der Waals surface area contributed by atoms with Crippen LogP contribution in [0.3, 0.4) is 0 Å². The number of nitrogens with one attached hydrogen (secondary N) is 2. The molecule has 2 aromatic rings. The highest BCUT2D eigenvalue weighted by atomic mass is 32.2. The molecular weight excluding hydrogens is 530 g/mol. The number of rotatable bonds is 23. The minimum atomic E-state index is -3.63. The second kappa shape index (κ2) is 20.5. The summed E-state index contributed by atoms with van der Waals surface area (Å²) in [5, 5.41) is 4.60. The number of fused-ring (bicyclic) bond motifs is 1. The summed E-state index contributed by atoms with van der Waals surface area (Å²) < 4.78 is 28.7. The highest BCUT2D eigenvalue weighted by molar-refractivity contribution is 7.89. The second-order valence-electron chi connectivity index (χ2n) is 11.3. The number of allylic oxidation sites excluding steroid dienone is 2. The zero-order chi connectivity index (χ0) is 29.8. The van der Waals surface area contributed by atoms with Gasteiger partial charge in [0.2, 0.25) is 15.9 Å². The monoisotopic (exact) mass is 585 g/mol. The molecule has 2 N–H and O–H groups in total. The Hall–Kier alpha value is -2.38. The van der Waals surface area contributed by atoms with E-state index in [0.717, 1.165) is 30.3 Å². The maximum Gasteiger partial charge on any atom is 0.241 e. The lowest BCUT2D eigenvalue weighted by Crippen LogP contribution is -2.27. The number of anilines is 1. The molecule has 0 aromatic heterocycles. The van der Waals surface area contributed by atoms with Gasteiger partial charge in [-0.3, -0.25) is 4.79 Å². The molecule has 0 aliphatic carbocycles. The quantitative estimate of drug-likeness (QED) is 0.102. The van der Waals surface area contributed by atoms with Gasteiger partial charge in [0.05, 0.1) is 4.90 Å². The SMILES string of the molecule is CCCCCCCC/C=C\CCCCCCCC(=O)NCCCCNS(=O)(=O)c1cccc2c(N(C)C)cccc12. The summed E-state index contributed by atoms with van der Waals surface area (Å²) in [6, 6.07) is 11.1. The van der Waals surface area contributed by atoms with Crippen LogP contribution in [0.15, 0.2) is 53.4 Å². The highest BCUT2D eigenvalue weighted by Gasteiger charge is 2.18. The van der Waals surface area contributed by atoms with Crippen molar-refractivity contribution in [3.63, 3.8) is 0 Å². The average molecular weight is 586 g/mol. The summed E-state index contributed by atoms with van der Waals surface area (Å²) in [5.41, 5.74) is 0.983. The van der Waals surface area contributed by atoms with Gasteiger partial charge in [0.15, 0.2) is 0 Å². The van der Waals surface area contributed by atoms with Crippen LogP contribution in [0.4, 0.5) is 5.69 Å². The zero-order valence-corrected chi connectivity index (χ0v) is 26.7. The molecule has 1 amide bonds. The standard InChI is InChI=1S/C34H55N3O3S/c1-4-5-6-7-8-9-10-11-12-13-14-15-16-17-18-27-34(38)35-28-19-20-29-36-41(39,40)33-26-22-23-30-31(33)24-21-25-32(30)37(2)3/h11-12,21-26,36H,4-10,13-20,27-29H2,1-3H3,(H,35,38)/b12-11-. The van der Waals surface area contributed by atoms with E-state index >= 15 is 0 Å². The molecule has 0 spiro atoms. The highest BCUT2D eigenvalue weighted by Crippen LogP contribution is 2.30. The first-order chi connectivity index (χ1) is 19.9. The van der Waals surface area contributed by atoms with E-state index in [1.165, 1.54) is 70.6 Å². The first kappa shape index (κ1) is 34.8. The molecule has 41 heavy (non-hydrogen) atoms. The molecule has 0 heterocycles. The van der Waals surface area contributed by atoms with Crippen LogP contribution in [0.2, 0.25) is 0 Å². The Labute approximate surface area is 250 Å². The van der Waals surface area contributed by atoms with Crippen LogP contribution in [-0.4, -0.2) is 41.5 Å². The first-order valence-electron chi connectivity index (χ1n) is 16.0. The van der Waals surface area contributed by atoms with E-state index in [-0.39, 0.29) is 5.91 Å². The molecule has 6 nitrogen and oxygen atoms in total. The smallest absolute Gasteiger partial charge is 0.241 e. The largest absolute Gasteiger partial charge is 0.377 e. The Morgan fingerprint density at radius 1 is 0.732 bits per heavy atom. The maximum absolute atomic E-state index is 13.0. The van der Waals surface area contributed by atoms with Gasteiger partial charge in [-0.05, 0) is 57.1 Å². The lowest BCUT2D eigenvalue weighted by atomic mass is 10.1. The van der Waals surface area contributed by atoms with Crippen LogP contribution in [0.5, 0.6) is 0 Å². The lowest BCUT2D eigenvalue weighted by molar-refractivity contribution is -0.121. The summed E-state index contributed by atoms with van der Waals surface area (Å²) in [6.07, 6.45) is 22.9. The van der Waals surface area contributed by atoms with E-state index in [1.807, 2.05) is 43.3 Å². The van der Waals surface area contributed by atoms with E-state index in [9.17, 15) is 13.2 Å². The Balaban J connectivity index is 1.49. The van der Waals surface area contributed by atoms with Gasteiger partial charge in [-0.15, -0.1) is 0 Å². The van der Waals surface area contributed by atoms with Gasteiger partial charge in [0.25, 0.3) is 0 Å². The summed E-state index contributed by atoms with van der Waals surface area (Å²) in [4.78, 5) is 14.4. The number of hydrogen-bond donors (Lipinski definition) is 2. The molecule has 0 saturated carbocycles. The molecule has 0 atom stereocenters. The van der Waals surface area contributed by atoms with Crippen molar-refractivity contribution in [3.05, 3.63) is 48.6 Å². The minimum absolute atomic E-state index is 0.0932. The molecule has 2 rings (SSSR count). The van der Waals surface area contributed by atoms with Gasteiger partial charge < -0.3 is 10.2 Å². The van der Waals surface area contributed by atoms with Crippen LogP contribution >= 0.6 is 0 Å². The topological polar surface area (TPSA) is 78.5 Å². The third kappa shape index (κ3) is 13.9. The fourth-order valence-electron chi connectivity index (χ4n) is 5.10. The molecule has 0 aliphatic heterocycles. The van der Waals surface area contributed by atoms with Gasteiger partial charge in [-0.2, -0.15) is 0 Å². The number of amides is 1. The van der Waals surface area contributed by atoms with Crippen molar-refractivity contribution >= 4 is 32.4 Å². The van der Waals surface area contributed by atoms with E-state index in [0.29, 0.717) is 36.2 Å². The third-order valence-electron chi connectivity index (χ3n) is 7.51. The van der Waals surface area contributed by atoms with Crippen molar-refractivity contribution in [2.24, 2.45) is 0 Å². The molecule has 0 saturated heterocycles. The molecule has 7 heteroatoms. The fraction of sp³-hybridized carbons (Fsp3) is 0.618. The van der Waals surface area contributed by atoms with Gasteiger partial charge in [0, 0.05) is 50.1 Å². The van der Waals surface area contributed by atoms with Crippen molar-refractivity contribution < 1.29 is 13.2 Å². The van der Waals surface area contributed by atoms with Crippen molar-refractivity contribution in [2.75, 3.05) is 32.1 Å². The summed E-state index contributed by atoms with van der Waals surface area (Å²) >= 11 is 0. The maximum atomic E-state index is 13.0. The van der Waals surface area contributed by atoms with Crippen molar-refractivity contribution in [1.29, 1.82) is 0 Å².